The zero-order valence-corrected chi connectivity index (χ0v) is 18.6. The lowest BCUT2D eigenvalue weighted by molar-refractivity contribution is -0.119. The maximum absolute atomic E-state index is 13.5. The summed E-state index contributed by atoms with van der Waals surface area (Å²) < 4.78 is 13.4. The van der Waals surface area contributed by atoms with Crippen molar-refractivity contribution < 1.29 is 14.3 Å². The molecular weight excluding hydrogens is 428 g/mol. The van der Waals surface area contributed by atoms with Crippen LogP contribution in [0.1, 0.15) is 0 Å². The van der Waals surface area contributed by atoms with Gasteiger partial charge in [0.15, 0.2) is 5.13 Å². The minimum absolute atomic E-state index is 0.0695. The molecule has 0 bridgehead atoms. The SMILES string of the molecule is COc1ccc2sc(N(CCN3CCOCC3)C(=O)Cn3nnc4ccccc43)nc2c1. The zero-order valence-electron chi connectivity index (χ0n) is 17.8. The summed E-state index contributed by atoms with van der Waals surface area (Å²) in [5, 5.41) is 9.03. The molecule has 0 radical (unpaired) electrons. The van der Waals surface area contributed by atoms with Gasteiger partial charge in [-0.3, -0.25) is 14.6 Å². The van der Waals surface area contributed by atoms with E-state index < -0.39 is 0 Å². The Hall–Kier alpha value is -3.08. The average molecular weight is 453 g/mol. The molecule has 1 fully saturated rings. The van der Waals surface area contributed by atoms with Crippen LogP contribution in [-0.2, 0) is 16.1 Å². The molecule has 0 aliphatic carbocycles. The number of para-hydroxylation sites is 1. The number of carbonyl (C=O) groups is 1. The Morgan fingerprint density at radius 1 is 1.19 bits per heavy atom. The molecule has 2 aromatic heterocycles. The lowest BCUT2D eigenvalue weighted by Crippen LogP contribution is -2.44. The van der Waals surface area contributed by atoms with E-state index in [0.29, 0.717) is 11.7 Å². The molecule has 0 spiro atoms. The van der Waals surface area contributed by atoms with E-state index >= 15 is 0 Å². The maximum atomic E-state index is 13.5. The largest absolute Gasteiger partial charge is 0.497 e. The van der Waals surface area contributed by atoms with Crippen molar-refractivity contribution in [2.24, 2.45) is 0 Å². The lowest BCUT2D eigenvalue weighted by Gasteiger charge is -2.29. The number of hydrogen-bond donors (Lipinski definition) is 0. The van der Waals surface area contributed by atoms with Gasteiger partial charge < -0.3 is 9.47 Å². The van der Waals surface area contributed by atoms with Crippen LogP contribution in [0.3, 0.4) is 0 Å². The Morgan fingerprint density at radius 2 is 2.03 bits per heavy atom. The Kier molecular flexibility index (Phi) is 5.97. The fourth-order valence-electron chi connectivity index (χ4n) is 3.78. The Bertz CT molecular complexity index is 1230. The fourth-order valence-corrected chi connectivity index (χ4v) is 4.77. The molecule has 3 heterocycles. The van der Waals surface area contributed by atoms with E-state index in [1.54, 1.807) is 16.7 Å². The number of hydrogen-bond acceptors (Lipinski definition) is 8. The number of rotatable bonds is 7. The summed E-state index contributed by atoms with van der Waals surface area (Å²) in [6, 6.07) is 13.4. The van der Waals surface area contributed by atoms with Gasteiger partial charge in [-0.05, 0) is 24.3 Å². The van der Waals surface area contributed by atoms with Gasteiger partial charge in [0.05, 0.1) is 36.1 Å². The van der Waals surface area contributed by atoms with Gasteiger partial charge in [-0.2, -0.15) is 0 Å². The third kappa shape index (κ3) is 4.29. The highest BCUT2D eigenvalue weighted by Crippen LogP contribution is 2.31. The molecule has 1 amide bonds. The lowest BCUT2D eigenvalue weighted by atomic mass is 10.3. The third-order valence-corrected chi connectivity index (χ3v) is 6.62. The molecule has 5 rings (SSSR count). The first kappa shape index (κ1) is 20.8. The van der Waals surface area contributed by atoms with E-state index in [9.17, 15) is 4.79 Å². The van der Waals surface area contributed by atoms with Crippen LogP contribution in [0.25, 0.3) is 21.3 Å². The number of nitrogens with zero attached hydrogens (tertiary/aromatic N) is 6. The van der Waals surface area contributed by atoms with Gasteiger partial charge in [0, 0.05) is 32.2 Å². The van der Waals surface area contributed by atoms with E-state index in [1.807, 2.05) is 42.5 Å². The van der Waals surface area contributed by atoms with Crippen molar-refractivity contribution in [2.45, 2.75) is 6.54 Å². The van der Waals surface area contributed by atoms with Crippen molar-refractivity contribution >= 4 is 43.6 Å². The zero-order chi connectivity index (χ0) is 21.9. The Morgan fingerprint density at radius 3 is 2.88 bits per heavy atom. The predicted molar refractivity (Wildman–Crippen MR) is 123 cm³/mol. The third-order valence-electron chi connectivity index (χ3n) is 5.56. The number of methoxy groups -OCH3 is 1. The number of fused-ring (bicyclic) bond motifs is 2. The Balaban J connectivity index is 1.42. The van der Waals surface area contributed by atoms with Crippen LogP contribution in [0, 0.1) is 0 Å². The summed E-state index contributed by atoms with van der Waals surface area (Å²) >= 11 is 1.51. The summed E-state index contributed by atoms with van der Waals surface area (Å²) in [6.45, 7) is 4.58. The van der Waals surface area contributed by atoms with Crippen LogP contribution in [0.4, 0.5) is 5.13 Å². The van der Waals surface area contributed by atoms with Gasteiger partial charge in [-0.25, -0.2) is 9.67 Å². The molecule has 0 atom stereocenters. The van der Waals surface area contributed by atoms with Crippen LogP contribution < -0.4 is 9.64 Å². The topological polar surface area (TPSA) is 85.6 Å². The van der Waals surface area contributed by atoms with Crippen LogP contribution in [0.15, 0.2) is 42.5 Å². The van der Waals surface area contributed by atoms with Gasteiger partial charge in [0.2, 0.25) is 0 Å². The normalized spacial score (nSPS) is 14.8. The Labute approximate surface area is 189 Å². The first-order valence-electron chi connectivity index (χ1n) is 10.5. The molecule has 2 aromatic carbocycles. The molecule has 0 saturated carbocycles. The van der Waals surface area contributed by atoms with Gasteiger partial charge in [-0.15, -0.1) is 5.10 Å². The quantitative estimate of drug-likeness (QED) is 0.426. The molecule has 1 aliphatic rings. The minimum Gasteiger partial charge on any atom is -0.497 e. The second kappa shape index (κ2) is 9.19. The molecule has 0 N–H and O–H groups in total. The highest BCUT2D eigenvalue weighted by Gasteiger charge is 2.23. The summed E-state index contributed by atoms with van der Waals surface area (Å²) in [4.78, 5) is 22.3. The van der Waals surface area contributed by atoms with Gasteiger partial charge >= 0.3 is 0 Å². The van der Waals surface area contributed by atoms with E-state index in [2.05, 4.69) is 15.2 Å². The predicted octanol–water partition coefficient (Wildman–Crippen LogP) is 2.42. The van der Waals surface area contributed by atoms with Crippen LogP contribution in [-0.4, -0.2) is 77.3 Å². The van der Waals surface area contributed by atoms with Gasteiger partial charge in [0.25, 0.3) is 5.91 Å². The van der Waals surface area contributed by atoms with Crippen LogP contribution in [0.2, 0.25) is 0 Å². The van der Waals surface area contributed by atoms with Crippen molar-refractivity contribution in [1.29, 1.82) is 0 Å². The molecule has 10 heteroatoms. The minimum atomic E-state index is -0.0695. The number of amides is 1. The number of anilines is 1. The summed E-state index contributed by atoms with van der Waals surface area (Å²) in [5.74, 6) is 0.676. The van der Waals surface area contributed by atoms with Gasteiger partial charge in [-0.1, -0.05) is 28.7 Å². The first-order valence-corrected chi connectivity index (χ1v) is 11.4. The first-order chi connectivity index (χ1) is 15.7. The van der Waals surface area contributed by atoms with Crippen molar-refractivity contribution in [3.05, 3.63) is 42.5 Å². The van der Waals surface area contributed by atoms with E-state index in [4.69, 9.17) is 14.5 Å². The standard InChI is InChI=1S/C22H24N6O3S/c1-30-16-6-7-20-18(14-16)23-22(32-20)27(9-8-26-10-12-31-13-11-26)21(29)15-28-19-5-3-2-4-17(19)24-25-28/h2-7,14H,8-13,15H2,1H3. The maximum Gasteiger partial charge on any atom is 0.250 e. The fraction of sp³-hybridized carbons (Fsp3) is 0.364. The summed E-state index contributed by atoms with van der Waals surface area (Å²) in [6.07, 6.45) is 0. The van der Waals surface area contributed by atoms with Crippen molar-refractivity contribution in [3.8, 4) is 5.75 Å². The second-order valence-electron chi connectivity index (χ2n) is 7.57. The molecular formula is C22H24N6O3S. The number of thiazole rings is 1. The molecule has 4 aromatic rings. The molecule has 0 unspecified atom stereocenters. The summed E-state index contributed by atoms with van der Waals surface area (Å²) in [7, 11) is 1.63. The highest BCUT2D eigenvalue weighted by molar-refractivity contribution is 7.22. The number of ether oxygens (including phenoxy) is 2. The van der Waals surface area contributed by atoms with Crippen molar-refractivity contribution in [2.75, 3.05) is 51.4 Å². The number of aromatic nitrogens is 4. The monoisotopic (exact) mass is 452 g/mol. The van der Waals surface area contributed by atoms with Gasteiger partial charge in [0.1, 0.15) is 17.8 Å². The van der Waals surface area contributed by atoms with Crippen LogP contribution >= 0.6 is 11.3 Å². The second-order valence-corrected chi connectivity index (χ2v) is 8.57. The van der Waals surface area contributed by atoms with Crippen molar-refractivity contribution in [1.82, 2.24) is 24.9 Å². The van der Waals surface area contributed by atoms with Crippen molar-refractivity contribution in [3.63, 3.8) is 0 Å². The smallest absolute Gasteiger partial charge is 0.250 e. The van der Waals surface area contributed by atoms with E-state index in [-0.39, 0.29) is 12.5 Å². The number of carbonyl (C=O) groups excluding carboxylic acids is 1. The molecule has 1 aliphatic heterocycles. The average Bonchev–Trinajstić information content (AvgIpc) is 3.43. The molecule has 1 saturated heterocycles. The number of morpholine rings is 1. The molecule has 166 valence electrons. The number of benzene rings is 2. The van der Waals surface area contributed by atoms with Crippen LogP contribution in [0.5, 0.6) is 5.75 Å². The summed E-state index contributed by atoms with van der Waals surface area (Å²) in [5.41, 5.74) is 2.43. The molecule has 32 heavy (non-hydrogen) atoms. The molecule has 9 nitrogen and oxygen atoms in total. The van der Waals surface area contributed by atoms with E-state index in [1.165, 1.54) is 11.3 Å². The highest BCUT2D eigenvalue weighted by atomic mass is 32.1. The van der Waals surface area contributed by atoms with E-state index in [0.717, 1.165) is 59.8 Å².